The van der Waals surface area contributed by atoms with Crippen molar-refractivity contribution in [3.63, 3.8) is 0 Å². The first-order chi connectivity index (χ1) is 14.4. The van der Waals surface area contributed by atoms with Gasteiger partial charge in [0.25, 0.3) is 11.5 Å². The molecule has 1 aliphatic heterocycles. The van der Waals surface area contributed by atoms with E-state index in [0.717, 1.165) is 24.2 Å². The number of aryl methyl sites for hydroxylation is 1. The molecule has 2 aromatic carbocycles. The molecular weight excluding hydrogens is 382 g/mol. The fourth-order valence-corrected chi connectivity index (χ4v) is 3.51. The molecule has 3 aromatic rings. The van der Waals surface area contributed by atoms with Gasteiger partial charge in [0, 0.05) is 31.1 Å². The number of carbonyl (C=O) groups excluding carboxylic acids is 2. The van der Waals surface area contributed by atoms with Gasteiger partial charge in [-0.2, -0.15) is 5.10 Å². The van der Waals surface area contributed by atoms with E-state index in [2.05, 4.69) is 20.8 Å². The lowest BCUT2D eigenvalue weighted by molar-refractivity contribution is -0.114. The van der Waals surface area contributed by atoms with Crippen molar-refractivity contribution in [3.8, 4) is 0 Å². The van der Waals surface area contributed by atoms with Crippen LogP contribution in [0.3, 0.4) is 0 Å². The minimum Gasteiger partial charge on any atom is -0.326 e. The van der Waals surface area contributed by atoms with Crippen LogP contribution in [0.1, 0.15) is 42.0 Å². The second-order valence-electron chi connectivity index (χ2n) is 7.22. The number of hydrogen-bond donors (Lipinski definition) is 2. The molecule has 8 nitrogen and oxygen atoms in total. The number of hydrazone groups is 1. The van der Waals surface area contributed by atoms with Crippen LogP contribution in [0.15, 0.2) is 52.4 Å². The van der Waals surface area contributed by atoms with E-state index in [-0.39, 0.29) is 11.5 Å². The summed E-state index contributed by atoms with van der Waals surface area (Å²) in [6.07, 6.45) is 1.67. The van der Waals surface area contributed by atoms with Crippen LogP contribution in [-0.2, 0) is 17.8 Å². The number of aromatic nitrogens is 2. The molecule has 1 aliphatic rings. The van der Waals surface area contributed by atoms with Gasteiger partial charge in [0.2, 0.25) is 5.91 Å². The molecule has 0 aliphatic carbocycles. The maximum absolute atomic E-state index is 12.6. The molecule has 0 saturated carbocycles. The van der Waals surface area contributed by atoms with Crippen molar-refractivity contribution < 1.29 is 9.59 Å². The first-order valence-electron chi connectivity index (χ1n) is 9.68. The fourth-order valence-electron chi connectivity index (χ4n) is 3.51. The predicted octanol–water partition coefficient (Wildman–Crippen LogP) is 2.46. The van der Waals surface area contributed by atoms with Gasteiger partial charge in [0.1, 0.15) is 5.82 Å². The van der Waals surface area contributed by atoms with Crippen LogP contribution in [0, 0.1) is 0 Å². The van der Waals surface area contributed by atoms with Gasteiger partial charge in [-0.3, -0.25) is 19.0 Å². The molecule has 8 heteroatoms. The van der Waals surface area contributed by atoms with Crippen molar-refractivity contribution in [2.24, 2.45) is 5.10 Å². The SMILES string of the molecule is CC(=O)Nc1cccc(/C(C)=N\NC(=O)c2ccc3c(=O)n4c(nc3c2)CCC4)c1. The van der Waals surface area contributed by atoms with Crippen LogP contribution in [0.25, 0.3) is 10.9 Å². The van der Waals surface area contributed by atoms with Gasteiger partial charge >= 0.3 is 0 Å². The van der Waals surface area contributed by atoms with Crippen LogP contribution in [0.5, 0.6) is 0 Å². The normalized spacial score (nSPS) is 13.2. The van der Waals surface area contributed by atoms with E-state index in [0.29, 0.717) is 34.4 Å². The minimum absolute atomic E-state index is 0.0626. The van der Waals surface area contributed by atoms with Gasteiger partial charge in [-0.15, -0.1) is 0 Å². The van der Waals surface area contributed by atoms with Gasteiger partial charge < -0.3 is 5.32 Å². The summed E-state index contributed by atoms with van der Waals surface area (Å²) < 4.78 is 1.70. The number of nitrogens with one attached hydrogen (secondary N) is 2. The number of hydrogen-bond acceptors (Lipinski definition) is 5. The van der Waals surface area contributed by atoms with E-state index in [9.17, 15) is 14.4 Å². The molecule has 0 radical (unpaired) electrons. The van der Waals surface area contributed by atoms with Gasteiger partial charge in [0.15, 0.2) is 0 Å². The summed E-state index contributed by atoms with van der Waals surface area (Å²) in [4.78, 5) is 40.9. The number of amides is 2. The highest BCUT2D eigenvalue weighted by Gasteiger charge is 2.17. The Labute approximate surface area is 172 Å². The lowest BCUT2D eigenvalue weighted by Gasteiger charge is -2.08. The molecule has 0 bridgehead atoms. The average molecular weight is 403 g/mol. The lowest BCUT2D eigenvalue weighted by Crippen LogP contribution is -2.22. The molecule has 2 N–H and O–H groups in total. The van der Waals surface area contributed by atoms with Crippen molar-refractivity contribution in [1.29, 1.82) is 0 Å². The lowest BCUT2D eigenvalue weighted by atomic mass is 10.1. The molecule has 0 saturated heterocycles. The molecular formula is C22H21N5O3. The Kier molecular flexibility index (Phi) is 5.14. The number of fused-ring (bicyclic) bond motifs is 2. The first-order valence-corrected chi connectivity index (χ1v) is 9.68. The van der Waals surface area contributed by atoms with Crippen LogP contribution >= 0.6 is 0 Å². The second kappa shape index (κ2) is 7.90. The topological polar surface area (TPSA) is 105 Å². The Bertz CT molecular complexity index is 1260. The Morgan fingerprint density at radius 2 is 1.93 bits per heavy atom. The second-order valence-corrected chi connectivity index (χ2v) is 7.22. The maximum atomic E-state index is 12.6. The molecule has 4 rings (SSSR count). The molecule has 30 heavy (non-hydrogen) atoms. The molecule has 0 fully saturated rings. The molecule has 0 atom stereocenters. The summed E-state index contributed by atoms with van der Waals surface area (Å²) in [5.41, 5.74) is 5.38. The largest absolute Gasteiger partial charge is 0.326 e. The fraction of sp³-hybridized carbons (Fsp3) is 0.227. The van der Waals surface area contributed by atoms with Gasteiger partial charge in [-0.05, 0) is 49.2 Å². The van der Waals surface area contributed by atoms with Crippen LogP contribution in [0.2, 0.25) is 0 Å². The monoisotopic (exact) mass is 403 g/mol. The van der Waals surface area contributed by atoms with E-state index in [1.54, 1.807) is 47.9 Å². The Hall–Kier alpha value is -3.81. The third-order valence-corrected chi connectivity index (χ3v) is 5.00. The summed E-state index contributed by atoms with van der Waals surface area (Å²) in [7, 11) is 0. The zero-order valence-electron chi connectivity index (χ0n) is 16.7. The van der Waals surface area contributed by atoms with Gasteiger partial charge in [0.05, 0.1) is 16.6 Å². The van der Waals surface area contributed by atoms with Gasteiger partial charge in [-0.1, -0.05) is 12.1 Å². The van der Waals surface area contributed by atoms with E-state index >= 15 is 0 Å². The van der Waals surface area contributed by atoms with E-state index < -0.39 is 5.91 Å². The first kappa shape index (κ1) is 19.5. The summed E-state index contributed by atoms with van der Waals surface area (Å²) >= 11 is 0. The maximum Gasteiger partial charge on any atom is 0.271 e. The van der Waals surface area contributed by atoms with Crippen molar-refractivity contribution in [2.45, 2.75) is 33.2 Å². The molecule has 2 amide bonds. The van der Waals surface area contributed by atoms with Crippen LogP contribution in [0.4, 0.5) is 5.69 Å². The quantitative estimate of drug-likeness (QED) is 0.516. The van der Waals surface area contributed by atoms with Crippen LogP contribution in [-0.4, -0.2) is 27.1 Å². The van der Waals surface area contributed by atoms with Crippen molar-refractivity contribution in [2.75, 3.05) is 5.32 Å². The van der Waals surface area contributed by atoms with Crippen molar-refractivity contribution >= 4 is 34.1 Å². The number of rotatable bonds is 4. The zero-order chi connectivity index (χ0) is 21.3. The van der Waals surface area contributed by atoms with Crippen molar-refractivity contribution in [1.82, 2.24) is 15.0 Å². The van der Waals surface area contributed by atoms with E-state index in [1.165, 1.54) is 6.92 Å². The van der Waals surface area contributed by atoms with E-state index in [1.807, 2.05) is 6.07 Å². The summed E-state index contributed by atoms with van der Waals surface area (Å²) in [6, 6.07) is 12.0. The number of nitrogens with zero attached hydrogens (tertiary/aromatic N) is 3. The predicted molar refractivity (Wildman–Crippen MR) is 115 cm³/mol. The van der Waals surface area contributed by atoms with E-state index in [4.69, 9.17) is 0 Å². The molecule has 0 spiro atoms. The smallest absolute Gasteiger partial charge is 0.271 e. The molecule has 0 unspecified atom stereocenters. The molecule has 1 aromatic heterocycles. The van der Waals surface area contributed by atoms with Crippen molar-refractivity contribution in [3.05, 3.63) is 69.8 Å². The Morgan fingerprint density at radius 1 is 1.10 bits per heavy atom. The zero-order valence-corrected chi connectivity index (χ0v) is 16.7. The highest BCUT2D eigenvalue weighted by atomic mass is 16.2. The summed E-state index contributed by atoms with van der Waals surface area (Å²) in [6.45, 7) is 3.89. The average Bonchev–Trinajstić information content (AvgIpc) is 3.20. The summed E-state index contributed by atoms with van der Waals surface area (Å²) in [5, 5.41) is 7.39. The van der Waals surface area contributed by atoms with Crippen LogP contribution < -0.4 is 16.3 Å². The summed E-state index contributed by atoms with van der Waals surface area (Å²) in [5.74, 6) is 0.208. The third-order valence-electron chi connectivity index (χ3n) is 5.00. The molecule has 152 valence electrons. The minimum atomic E-state index is -0.392. The Balaban J connectivity index is 1.55. The third kappa shape index (κ3) is 3.84. The standard InChI is InChI=1S/C22H21N5O3/c1-13(15-5-3-6-17(11-15)23-14(2)28)25-26-21(29)16-8-9-18-19(12-16)24-20-7-4-10-27(20)22(18)30/h3,5-6,8-9,11-12H,4,7,10H2,1-2H3,(H,23,28)(H,26,29)/b25-13-. The van der Waals surface area contributed by atoms with Gasteiger partial charge in [-0.25, -0.2) is 10.4 Å². The number of carbonyl (C=O) groups is 2. The number of benzene rings is 2. The highest BCUT2D eigenvalue weighted by molar-refractivity contribution is 6.02. The molecule has 2 heterocycles. The highest BCUT2D eigenvalue weighted by Crippen LogP contribution is 2.16. The Morgan fingerprint density at radius 3 is 2.73 bits per heavy atom. The number of anilines is 1.